The molecule has 6 nitrogen and oxygen atoms in total. The summed E-state index contributed by atoms with van der Waals surface area (Å²) in [5, 5.41) is 11.9. The first kappa shape index (κ1) is 15.3. The Morgan fingerprint density at radius 1 is 1.09 bits per heavy atom. The number of nitrogens with one attached hydrogen (secondary N) is 1. The zero-order valence-electron chi connectivity index (χ0n) is 13.2. The number of benzene rings is 1. The van der Waals surface area contributed by atoms with Gasteiger partial charge in [-0.2, -0.15) is 5.26 Å². The Kier molecular flexibility index (Phi) is 4.69. The molecule has 23 heavy (non-hydrogen) atoms. The first-order chi connectivity index (χ1) is 11.3. The second-order valence-electron chi connectivity index (χ2n) is 5.49. The Balaban J connectivity index is 1.62. The Hall–Kier alpha value is -2.65. The van der Waals surface area contributed by atoms with Crippen molar-refractivity contribution < 1.29 is 0 Å². The Labute approximate surface area is 136 Å². The van der Waals surface area contributed by atoms with Gasteiger partial charge < -0.3 is 15.1 Å². The van der Waals surface area contributed by atoms with Crippen molar-refractivity contribution in [3.63, 3.8) is 0 Å². The van der Waals surface area contributed by atoms with Crippen LogP contribution in [0.1, 0.15) is 12.6 Å². The van der Waals surface area contributed by atoms with Gasteiger partial charge >= 0.3 is 0 Å². The van der Waals surface area contributed by atoms with Gasteiger partial charge in [-0.15, -0.1) is 0 Å². The van der Waals surface area contributed by atoms with Gasteiger partial charge in [0, 0.05) is 37.6 Å². The number of piperazine rings is 1. The van der Waals surface area contributed by atoms with Gasteiger partial charge in [0.25, 0.3) is 0 Å². The molecule has 0 radical (unpaired) electrons. The van der Waals surface area contributed by atoms with Gasteiger partial charge in [0.1, 0.15) is 11.9 Å². The van der Waals surface area contributed by atoms with E-state index in [2.05, 4.69) is 44.1 Å². The van der Waals surface area contributed by atoms with Crippen molar-refractivity contribution in [2.45, 2.75) is 6.92 Å². The van der Waals surface area contributed by atoms with E-state index < -0.39 is 0 Å². The number of hydrogen-bond acceptors (Lipinski definition) is 6. The highest BCUT2D eigenvalue weighted by molar-refractivity contribution is 5.60. The predicted octanol–water partition coefficient (Wildman–Crippen LogP) is 2.23. The van der Waals surface area contributed by atoms with Crippen LogP contribution in [-0.4, -0.2) is 47.6 Å². The third-order valence-electron chi connectivity index (χ3n) is 4.09. The largest absolute Gasteiger partial charge is 0.369 e. The molecule has 2 heterocycles. The van der Waals surface area contributed by atoms with Crippen molar-refractivity contribution in [1.29, 1.82) is 5.26 Å². The Morgan fingerprint density at radius 2 is 1.83 bits per heavy atom. The molecular weight excluding hydrogens is 288 g/mol. The highest BCUT2D eigenvalue weighted by Crippen LogP contribution is 2.21. The fourth-order valence-electron chi connectivity index (χ4n) is 2.68. The summed E-state index contributed by atoms with van der Waals surface area (Å²) in [5.74, 6) is 0.633. The number of nitrogens with zero attached hydrogens (tertiary/aromatic N) is 5. The fourth-order valence-corrected chi connectivity index (χ4v) is 2.68. The van der Waals surface area contributed by atoms with Gasteiger partial charge in [0.15, 0.2) is 5.69 Å². The van der Waals surface area contributed by atoms with Crippen LogP contribution >= 0.6 is 0 Å². The summed E-state index contributed by atoms with van der Waals surface area (Å²) in [5.41, 5.74) is 2.52. The van der Waals surface area contributed by atoms with Crippen molar-refractivity contribution >= 4 is 17.2 Å². The van der Waals surface area contributed by atoms with Crippen LogP contribution in [-0.2, 0) is 0 Å². The van der Waals surface area contributed by atoms with E-state index in [1.807, 2.05) is 18.2 Å². The maximum absolute atomic E-state index is 8.72. The van der Waals surface area contributed by atoms with E-state index in [-0.39, 0.29) is 0 Å². The molecule has 2 aromatic rings. The van der Waals surface area contributed by atoms with Gasteiger partial charge in [-0.1, -0.05) is 6.92 Å². The van der Waals surface area contributed by atoms with Crippen molar-refractivity contribution in [1.82, 2.24) is 14.9 Å². The van der Waals surface area contributed by atoms with Crippen LogP contribution in [0, 0.1) is 11.3 Å². The van der Waals surface area contributed by atoms with Crippen molar-refractivity contribution in [3.05, 3.63) is 42.4 Å². The number of rotatable bonds is 4. The molecule has 0 saturated carbocycles. The molecule has 118 valence electrons. The first-order valence-electron chi connectivity index (χ1n) is 7.85. The molecule has 1 fully saturated rings. The van der Waals surface area contributed by atoms with Crippen LogP contribution in [0.5, 0.6) is 0 Å². The minimum absolute atomic E-state index is 0.317. The molecule has 1 aromatic heterocycles. The molecule has 0 atom stereocenters. The van der Waals surface area contributed by atoms with Gasteiger partial charge in [-0.3, -0.25) is 0 Å². The molecule has 0 amide bonds. The number of hydrogen-bond donors (Lipinski definition) is 1. The summed E-state index contributed by atoms with van der Waals surface area (Å²) < 4.78 is 0. The van der Waals surface area contributed by atoms with Crippen LogP contribution in [0.3, 0.4) is 0 Å². The number of likely N-dealkylation sites (N-methyl/N-ethyl adjacent to an activating group) is 1. The highest BCUT2D eigenvalue weighted by Gasteiger charge is 2.15. The lowest BCUT2D eigenvalue weighted by Gasteiger charge is -2.35. The summed E-state index contributed by atoms with van der Waals surface area (Å²) in [7, 11) is 0. The SMILES string of the molecule is CCN1CCN(c2ccc(Nc3cnc(C#N)cn3)cc2)CC1. The Morgan fingerprint density at radius 3 is 2.39 bits per heavy atom. The molecule has 1 N–H and O–H groups in total. The van der Waals surface area contributed by atoms with E-state index in [9.17, 15) is 0 Å². The molecule has 1 saturated heterocycles. The van der Waals surface area contributed by atoms with Gasteiger partial charge in [0.05, 0.1) is 12.4 Å². The molecule has 6 heteroatoms. The zero-order chi connectivity index (χ0) is 16.1. The van der Waals surface area contributed by atoms with E-state index in [0.29, 0.717) is 11.5 Å². The second-order valence-corrected chi connectivity index (χ2v) is 5.49. The minimum Gasteiger partial charge on any atom is -0.369 e. The van der Waals surface area contributed by atoms with Gasteiger partial charge in [-0.05, 0) is 30.8 Å². The molecule has 0 aliphatic carbocycles. The van der Waals surface area contributed by atoms with E-state index in [0.717, 1.165) is 38.4 Å². The maximum Gasteiger partial charge on any atom is 0.158 e. The number of anilines is 3. The average molecular weight is 308 g/mol. The molecule has 3 rings (SSSR count). The highest BCUT2D eigenvalue weighted by atomic mass is 15.3. The quantitative estimate of drug-likeness (QED) is 0.934. The molecule has 0 spiro atoms. The topological polar surface area (TPSA) is 68.1 Å². The van der Waals surface area contributed by atoms with Crippen molar-refractivity contribution in [3.8, 4) is 6.07 Å². The monoisotopic (exact) mass is 308 g/mol. The summed E-state index contributed by atoms with van der Waals surface area (Å²) in [6, 6.07) is 10.3. The van der Waals surface area contributed by atoms with E-state index >= 15 is 0 Å². The minimum atomic E-state index is 0.317. The first-order valence-corrected chi connectivity index (χ1v) is 7.85. The molecule has 1 aliphatic rings. The molecule has 0 bridgehead atoms. The fraction of sp³-hybridized carbons (Fsp3) is 0.353. The molecule has 1 aromatic carbocycles. The lowest BCUT2D eigenvalue weighted by Crippen LogP contribution is -2.46. The standard InChI is InChI=1S/C17H20N6/c1-2-22-7-9-23(10-8-22)16-5-3-14(4-6-16)21-17-13-19-15(11-18)12-20-17/h3-6,12-13H,2,7-10H2,1H3,(H,20,21). The van der Waals surface area contributed by atoms with Crippen LogP contribution in [0.25, 0.3) is 0 Å². The smallest absolute Gasteiger partial charge is 0.158 e. The van der Waals surface area contributed by atoms with Crippen LogP contribution < -0.4 is 10.2 Å². The molecular formula is C17H20N6. The normalized spacial score (nSPS) is 15.2. The van der Waals surface area contributed by atoms with E-state index in [4.69, 9.17) is 5.26 Å². The predicted molar refractivity (Wildman–Crippen MR) is 90.8 cm³/mol. The second kappa shape index (κ2) is 7.07. The summed E-state index contributed by atoms with van der Waals surface area (Å²) in [6.45, 7) is 7.72. The van der Waals surface area contributed by atoms with Crippen molar-refractivity contribution in [2.75, 3.05) is 42.9 Å². The van der Waals surface area contributed by atoms with Crippen LogP contribution in [0.15, 0.2) is 36.7 Å². The lowest BCUT2D eigenvalue weighted by molar-refractivity contribution is 0.271. The van der Waals surface area contributed by atoms with E-state index in [1.165, 1.54) is 11.9 Å². The van der Waals surface area contributed by atoms with E-state index in [1.54, 1.807) is 6.20 Å². The van der Waals surface area contributed by atoms with Crippen molar-refractivity contribution in [2.24, 2.45) is 0 Å². The van der Waals surface area contributed by atoms with Gasteiger partial charge in [-0.25, -0.2) is 9.97 Å². The average Bonchev–Trinajstić information content (AvgIpc) is 2.63. The summed E-state index contributed by atoms with van der Waals surface area (Å²) in [6.07, 6.45) is 3.03. The lowest BCUT2D eigenvalue weighted by atomic mass is 10.2. The third-order valence-corrected chi connectivity index (χ3v) is 4.09. The molecule has 1 aliphatic heterocycles. The van der Waals surface area contributed by atoms with Crippen LogP contribution in [0.2, 0.25) is 0 Å². The van der Waals surface area contributed by atoms with Crippen LogP contribution in [0.4, 0.5) is 17.2 Å². The Bertz CT molecular complexity index is 666. The zero-order valence-corrected chi connectivity index (χ0v) is 13.2. The maximum atomic E-state index is 8.72. The number of aromatic nitrogens is 2. The third kappa shape index (κ3) is 3.76. The summed E-state index contributed by atoms with van der Waals surface area (Å²) >= 11 is 0. The van der Waals surface area contributed by atoms with Gasteiger partial charge in [0.2, 0.25) is 0 Å². The molecule has 0 unspecified atom stereocenters. The summed E-state index contributed by atoms with van der Waals surface area (Å²) in [4.78, 5) is 13.0. The number of nitriles is 1.